The largest absolute Gasteiger partial charge is 0.497 e. The molecule has 1 amide bonds. The van der Waals surface area contributed by atoms with Crippen molar-refractivity contribution in [3.63, 3.8) is 0 Å². The van der Waals surface area contributed by atoms with E-state index in [1.54, 1.807) is 25.3 Å². The van der Waals surface area contributed by atoms with Crippen molar-refractivity contribution in [1.29, 1.82) is 0 Å². The number of nitrogens with one attached hydrogen (secondary N) is 1. The molecule has 5 rings (SSSR count). The van der Waals surface area contributed by atoms with Gasteiger partial charge in [-0.25, -0.2) is 8.42 Å². The van der Waals surface area contributed by atoms with Gasteiger partial charge in [0, 0.05) is 24.8 Å². The minimum atomic E-state index is -3.79. The van der Waals surface area contributed by atoms with Crippen molar-refractivity contribution in [2.24, 2.45) is 0 Å². The van der Waals surface area contributed by atoms with Crippen LogP contribution in [0.15, 0.2) is 41.3 Å². The average molecular weight is 416 g/mol. The van der Waals surface area contributed by atoms with Crippen LogP contribution in [0.25, 0.3) is 0 Å². The van der Waals surface area contributed by atoms with E-state index < -0.39 is 15.4 Å². The lowest BCUT2D eigenvalue weighted by molar-refractivity contribution is -0.120. The van der Waals surface area contributed by atoms with Crippen LogP contribution in [0.2, 0.25) is 0 Å². The molecule has 1 atom stereocenters. The molecule has 1 fully saturated rings. The molecule has 152 valence electrons. The fraction of sp³-hybridized carbons (Fsp3) is 0.350. The van der Waals surface area contributed by atoms with Crippen molar-refractivity contribution >= 4 is 21.6 Å². The summed E-state index contributed by atoms with van der Waals surface area (Å²) in [5.74, 6) is 1.40. The van der Waals surface area contributed by atoms with Gasteiger partial charge >= 0.3 is 0 Å². The number of carbonyl (C=O) groups is 1. The summed E-state index contributed by atoms with van der Waals surface area (Å²) in [5.41, 5.74) is 0.571. The van der Waals surface area contributed by atoms with Crippen LogP contribution in [-0.2, 0) is 20.2 Å². The first-order valence-electron chi connectivity index (χ1n) is 9.34. The molecule has 2 aromatic rings. The summed E-state index contributed by atoms with van der Waals surface area (Å²) in [6.45, 7) is 1.14. The highest BCUT2D eigenvalue weighted by atomic mass is 32.2. The Morgan fingerprint density at radius 1 is 1.10 bits per heavy atom. The van der Waals surface area contributed by atoms with Gasteiger partial charge in [0.05, 0.1) is 17.4 Å². The van der Waals surface area contributed by atoms with Crippen LogP contribution < -0.4 is 19.5 Å². The van der Waals surface area contributed by atoms with Crippen LogP contribution in [0.1, 0.15) is 12.0 Å². The van der Waals surface area contributed by atoms with Crippen LogP contribution in [0.5, 0.6) is 17.2 Å². The zero-order valence-electron chi connectivity index (χ0n) is 15.8. The molecular formula is C20H20N2O6S. The van der Waals surface area contributed by atoms with Gasteiger partial charge in [0.1, 0.15) is 19.0 Å². The summed E-state index contributed by atoms with van der Waals surface area (Å²) >= 11 is 0. The molecule has 0 aromatic heterocycles. The molecule has 2 aromatic carbocycles. The summed E-state index contributed by atoms with van der Waals surface area (Å²) in [7, 11) is -2.23. The standard InChI is InChI=1S/C20H20N2O6S/c1-26-13-2-4-16-15(10-13)20(19(23)21-16)6-7-22(12-20)29(24,25)14-3-5-17-18(11-14)28-9-8-27-17/h2-5,10-11H,6-9,12H2,1H3,(H,21,23)/t20-/m0/s1. The Bertz CT molecular complexity index is 1120. The molecule has 3 aliphatic heterocycles. The number of carbonyl (C=O) groups excluding carboxylic acids is 1. The van der Waals surface area contributed by atoms with E-state index in [1.165, 1.54) is 16.4 Å². The van der Waals surface area contributed by atoms with Crippen molar-refractivity contribution in [1.82, 2.24) is 4.31 Å². The van der Waals surface area contributed by atoms with Crippen molar-refractivity contribution in [3.8, 4) is 17.2 Å². The zero-order valence-corrected chi connectivity index (χ0v) is 16.6. The Hall–Kier alpha value is -2.78. The first-order chi connectivity index (χ1) is 13.9. The minimum Gasteiger partial charge on any atom is -0.497 e. The second-order valence-corrected chi connectivity index (χ2v) is 9.28. The third-order valence-electron chi connectivity index (χ3n) is 5.81. The van der Waals surface area contributed by atoms with Crippen molar-refractivity contribution in [3.05, 3.63) is 42.0 Å². The minimum absolute atomic E-state index is 0.0791. The van der Waals surface area contributed by atoms with Crippen LogP contribution in [-0.4, -0.2) is 52.0 Å². The fourth-order valence-electron chi connectivity index (χ4n) is 4.24. The van der Waals surface area contributed by atoms with E-state index in [2.05, 4.69) is 5.32 Å². The molecule has 1 saturated heterocycles. The summed E-state index contributed by atoms with van der Waals surface area (Å²) in [6.07, 6.45) is 0.406. The molecule has 1 spiro atoms. The van der Waals surface area contributed by atoms with E-state index in [0.717, 1.165) is 5.56 Å². The number of fused-ring (bicyclic) bond motifs is 3. The van der Waals surface area contributed by atoms with Gasteiger partial charge in [-0.2, -0.15) is 4.31 Å². The Morgan fingerprint density at radius 2 is 1.90 bits per heavy atom. The number of anilines is 1. The third kappa shape index (κ3) is 2.68. The van der Waals surface area contributed by atoms with Gasteiger partial charge in [-0.15, -0.1) is 0 Å². The first-order valence-corrected chi connectivity index (χ1v) is 10.8. The predicted molar refractivity (Wildman–Crippen MR) is 104 cm³/mol. The van der Waals surface area contributed by atoms with E-state index in [1.807, 2.05) is 6.07 Å². The van der Waals surface area contributed by atoms with E-state index >= 15 is 0 Å². The van der Waals surface area contributed by atoms with Crippen LogP contribution >= 0.6 is 0 Å². The normalized spacial score (nSPS) is 23.1. The molecule has 8 nitrogen and oxygen atoms in total. The molecule has 1 N–H and O–H groups in total. The first kappa shape index (κ1) is 18.3. The number of hydrogen-bond acceptors (Lipinski definition) is 6. The Morgan fingerprint density at radius 3 is 2.69 bits per heavy atom. The summed E-state index contributed by atoms with van der Waals surface area (Å²) in [4.78, 5) is 13.0. The SMILES string of the molecule is COc1ccc2c(c1)[C@@]1(CCN(S(=O)(=O)c3ccc4c(c3)OCCO4)C1)C(=O)N2. The molecule has 0 saturated carbocycles. The van der Waals surface area contributed by atoms with Crippen LogP contribution in [0.4, 0.5) is 5.69 Å². The second-order valence-electron chi connectivity index (χ2n) is 7.34. The van der Waals surface area contributed by atoms with E-state index in [9.17, 15) is 13.2 Å². The lowest BCUT2D eigenvalue weighted by atomic mass is 9.81. The highest BCUT2D eigenvalue weighted by Gasteiger charge is 2.53. The quantitative estimate of drug-likeness (QED) is 0.819. The molecular weight excluding hydrogens is 396 g/mol. The number of hydrogen-bond donors (Lipinski definition) is 1. The zero-order chi connectivity index (χ0) is 20.2. The van der Waals surface area contributed by atoms with Gasteiger partial charge in [-0.1, -0.05) is 0 Å². The number of nitrogens with zero attached hydrogens (tertiary/aromatic N) is 1. The smallest absolute Gasteiger partial charge is 0.243 e. The van der Waals surface area contributed by atoms with Crippen LogP contribution in [0, 0.1) is 0 Å². The average Bonchev–Trinajstić information content (AvgIpc) is 3.31. The number of ether oxygens (including phenoxy) is 3. The topological polar surface area (TPSA) is 94.2 Å². The molecule has 0 aliphatic carbocycles. The maximum atomic E-state index is 13.3. The fourth-order valence-corrected chi connectivity index (χ4v) is 5.75. The third-order valence-corrected chi connectivity index (χ3v) is 7.65. The molecule has 9 heteroatoms. The highest BCUT2D eigenvalue weighted by Crippen LogP contribution is 2.47. The molecule has 0 bridgehead atoms. The molecule has 29 heavy (non-hydrogen) atoms. The predicted octanol–water partition coefficient (Wildman–Crippen LogP) is 1.75. The highest BCUT2D eigenvalue weighted by molar-refractivity contribution is 7.89. The van der Waals surface area contributed by atoms with Gasteiger partial charge in [0.2, 0.25) is 15.9 Å². The van der Waals surface area contributed by atoms with Crippen molar-refractivity contribution in [2.75, 3.05) is 38.7 Å². The summed E-state index contributed by atoms with van der Waals surface area (Å²) in [5, 5.41) is 2.88. The Labute approximate surface area is 168 Å². The molecule has 0 unspecified atom stereocenters. The molecule has 3 aliphatic rings. The van der Waals surface area contributed by atoms with E-state index in [4.69, 9.17) is 14.2 Å². The second kappa shape index (κ2) is 6.36. The van der Waals surface area contributed by atoms with E-state index in [-0.39, 0.29) is 23.9 Å². The Balaban J connectivity index is 1.49. The lowest BCUT2D eigenvalue weighted by Crippen LogP contribution is -2.39. The molecule has 3 heterocycles. The van der Waals surface area contributed by atoms with Gasteiger partial charge in [0.15, 0.2) is 11.5 Å². The lowest BCUT2D eigenvalue weighted by Gasteiger charge is -2.23. The maximum absolute atomic E-state index is 13.3. The van der Waals surface area contributed by atoms with Gasteiger partial charge in [-0.3, -0.25) is 4.79 Å². The number of amides is 1. The van der Waals surface area contributed by atoms with Gasteiger partial charge in [0.25, 0.3) is 0 Å². The number of sulfonamides is 1. The number of methoxy groups -OCH3 is 1. The number of benzene rings is 2. The van der Waals surface area contributed by atoms with E-state index in [0.29, 0.717) is 42.6 Å². The maximum Gasteiger partial charge on any atom is 0.243 e. The Kier molecular flexibility index (Phi) is 4.01. The van der Waals surface area contributed by atoms with Crippen molar-refractivity contribution in [2.45, 2.75) is 16.7 Å². The monoisotopic (exact) mass is 416 g/mol. The van der Waals surface area contributed by atoms with Gasteiger partial charge in [-0.05, 0) is 42.3 Å². The van der Waals surface area contributed by atoms with Crippen LogP contribution in [0.3, 0.4) is 0 Å². The van der Waals surface area contributed by atoms with Crippen molar-refractivity contribution < 1.29 is 27.4 Å². The summed E-state index contributed by atoms with van der Waals surface area (Å²) < 4.78 is 44.2. The van der Waals surface area contributed by atoms with Gasteiger partial charge < -0.3 is 19.5 Å². The summed E-state index contributed by atoms with van der Waals surface area (Å²) in [6, 6.07) is 9.98. The molecule has 0 radical (unpaired) electrons. The number of rotatable bonds is 3.